The highest BCUT2D eigenvalue weighted by molar-refractivity contribution is 6.33. The summed E-state index contributed by atoms with van der Waals surface area (Å²) in [5, 5.41) is 10.7. The number of amides is 1. The topological polar surface area (TPSA) is 85.2 Å². The third-order valence-corrected chi connectivity index (χ3v) is 5.27. The van der Waals surface area contributed by atoms with Gasteiger partial charge in [0.05, 0.1) is 17.6 Å². The highest BCUT2D eigenvalue weighted by Crippen LogP contribution is 2.26. The number of fused-ring (bicyclic) bond motifs is 1. The Morgan fingerprint density at radius 2 is 1.90 bits per heavy atom. The summed E-state index contributed by atoms with van der Waals surface area (Å²) in [7, 11) is 0. The molecule has 1 aliphatic rings. The van der Waals surface area contributed by atoms with Crippen LogP contribution in [0.15, 0.2) is 53.5 Å². The Balaban J connectivity index is 1.36. The SMILES string of the molecule is O=C1CCc2cc(OCCNc3cnn(-c4ccc(Cl)cc4)c(=O)c3Cl)ccc2N1. The average molecular weight is 445 g/mol. The lowest BCUT2D eigenvalue weighted by Gasteiger charge is -2.18. The van der Waals surface area contributed by atoms with E-state index in [4.69, 9.17) is 27.9 Å². The number of aryl methyl sites for hydroxylation is 1. The van der Waals surface area contributed by atoms with Crippen molar-refractivity contribution in [3.05, 3.63) is 74.6 Å². The molecule has 2 aromatic carbocycles. The second kappa shape index (κ2) is 8.77. The summed E-state index contributed by atoms with van der Waals surface area (Å²) >= 11 is 12.1. The molecular formula is C21H18Cl2N4O3. The highest BCUT2D eigenvalue weighted by atomic mass is 35.5. The predicted octanol–water partition coefficient (Wildman–Crippen LogP) is 3.91. The van der Waals surface area contributed by atoms with Crippen molar-refractivity contribution in [2.45, 2.75) is 12.8 Å². The van der Waals surface area contributed by atoms with Crippen LogP contribution in [0.3, 0.4) is 0 Å². The molecule has 4 rings (SSSR count). The van der Waals surface area contributed by atoms with Gasteiger partial charge in [-0.3, -0.25) is 9.59 Å². The van der Waals surface area contributed by atoms with Crippen LogP contribution in [0.5, 0.6) is 5.75 Å². The summed E-state index contributed by atoms with van der Waals surface area (Å²) in [5.74, 6) is 0.748. The standard InChI is InChI=1S/C21H18Cl2N4O3/c22-14-2-4-15(5-3-14)27-21(29)20(23)18(12-25-27)24-9-10-30-16-6-7-17-13(11-16)1-8-19(28)26-17/h2-7,11-12,24H,1,8-10H2,(H,26,28). The first-order valence-corrected chi connectivity index (χ1v) is 10.1. The molecule has 1 amide bonds. The molecule has 154 valence electrons. The number of rotatable bonds is 6. The zero-order valence-electron chi connectivity index (χ0n) is 15.8. The number of hydrogen-bond acceptors (Lipinski definition) is 5. The minimum atomic E-state index is -0.429. The van der Waals surface area contributed by atoms with Gasteiger partial charge in [-0.1, -0.05) is 23.2 Å². The van der Waals surface area contributed by atoms with E-state index in [0.717, 1.165) is 11.3 Å². The van der Waals surface area contributed by atoms with Gasteiger partial charge in [-0.05, 0) is 54.4 Å². The third-order valence-electron chi connectivity index (χ3n) is 4.65. The fourth-order valence-electron chi connectivity index (χ4n) is 3.13. The molecule has 2 N–H and O–H groups in total. The van der Waals surface area contributed by atoms with E-state index in [1.165, 1.54) is 10.9 Å². The van der Waals surface area contributed by atoms with E-state index in [1.54, 1.807) is 24.3 Å². The molecule has 0 radical (unpaired) electrons. The van der Waals surface area contributed by atoms with Crippen LogP contribution in [0.1, 0.15) is 12.0 Å². The van der Waals surface area contributed by atoms with E-state index in [9.17, 15) is 9.59 Å². The monoisotopic (exact) mass is 444 g/mol. The van der Waals surface area contributed by atoms with Gasteiger partial charge in [0.2, 0.25) is 5.91 Å². The highest BCUT2D eigenvalue weighted by Gasteiger charge is 2.15. The van der Waals surface area contributed by atoms with Crippen LogP contribution in [-0.4, -0.2) is 28.8 Å². The Kier molecular flexibility index (Phi) is 5.92. The largest absolute Gasteiger partial charge is 0.492 e. The minimum Gasteiger partial charge on any atom is -0.492 e. The van der Waals surface area contributed by atoms with Gasteiger partial charge in [0.1, 0.15) is 17.4 Å². The van der Waals surface area contributed by atoms with Crippen LogP contribution >= 0.6 is 23.2 Å². The lowest BCUT2D eigenvalue weighted by Crippen LogP contribution is -2.23. The van der Waals surface area contributed by atoms with Crippen LogP contribution in [0.2, 0.25) is 10.0 Å². The summed E-state index contributed by atoms with van der Waals surface area (Å²) in [6.07, 6.45) is 2.67. The van der Waals surface area contributed by atoms with Crippen LogP contribution in [0.25, 0.3) is 5.69 Å². The maximum atomic E-state index is 12.5. The van der Waals surface area contributed by atoms with Gasteiger partial charge >= 0.3 is 0 Å². The molecule has 0 aliphatic carbocycles. The first kappa shape index (κ1) is 20.3. The van der Waals surface area contributed by atoms with Gasteiger partial charge in [-0.25, -0.2) is 0 Å². The quantitative estimate of drug-likeness (QED) is 0.562. The molecule has 0 fully saturated rings. The fraction of sp³-hybridized carbons (Fsp3) is 0.190. The van der Waals surface area contributed by atoms with Gasteiger partial charge in [-0.15, -0.1) is 0 Å². The summed E-state index contributed by atoms with van der Waals surface area (Å²) in [6, 6.07) is 12.3. The van der Waals surface area contributed by atoms with Crippen molar-refractivity contribution in [3.63, 3.8) is 0 Å². The van der Waals surface area contributed by atoms with Crippen LogP contribution in [0, 0.1) is 0 Å². The van der Waals surface area contributed by atoms with Crippen LogP contribution in [0.4, 0.5) is 11.4 Å². The van der Waals surface area contributed by atoms with Gasteiger partial charge in [-0.2, -0.15) is 9.78 Å². The maximum Gasteiger partial charge on any atom is 0.292 e. The first-order valence-electron chi connectivity index (χ1n) is 9.34. The van der Waals surface area contributed by atoms with Crippen molar-refractivity contribution in [2.24, 2.45) is 0 Å². The number of benzene rings is 2. The number of anilines is 2. The van der Waals surface area contributed by atoms with Crippen LogP contribution in [-0.2, 0) is 11.2 Å². The number of nitrogens with zero attached hydrogens (tertiary/aromatic N) is 2. The van der Waals surface area contributed by atoms with Crippen molar-refractivity contribution in [2.75, 3.05) is 23.8 Å². The molecule has 0 saturated heterocycles. The smallest absolute Gasteiger partial charge is 0.292 e. The normalized spacial score (nSPS) is 12.8. The van der Waals surface area contributed by atoms with Crippen molar-refractivity contribution in [1.82, 2.24) is 9.78 Å². The first-order chi connectivity index (χ1) is 14.5. The Hall–Kier alpha value is -3.03. The number of nitrogens with one attached hydrogen (secondary N) is 2. The molecule has 7 nitrogen and oxygen atoms in total. The van der Waals surface area contributed by atoms with E-state index in [2.05, 4.69) is 15.7 Å². The predicted molar refractivity (Wildman–Crippen MR) is 117 cm³/mol. The Morgan fingerprint density at radius 1 is 1.10 bits per heavy atom. The fourth-order valence-corrected chi connectivity index (χ4v) is 3.45. The van der Waals surface area contributed by atoms with Gasteiger partial charge in [0.15, 0.2) is 0 Å². The van der Waals surface area contributed by atoms with Crippen molar-refractivity contribution in [1.29, 1.82) is 0 Å². The molecule has 0 saturated carbocycles. The van der Waals surface area contributed by atoms with Crippen molar-refractivity contribution >= 4 is 40.5 Å². The van der Waals surface area contributed by atoms with E-state index >= 15 is 0 Å². The van der Waals surface area contributed by atoms with E-state index < -0.39 is 5.56 Å². The molecule has 9 heteroatoms. The second-order valence-electron chi connectivity index (χ2n) is 6.71. The molecule has 1 aromatic heterocycles. The Morgan fingerprint density at radius 3 is 2.70 bits per heavy atom. The van der Waals surface area contributed by atoms with Gasteiger partial charge < -0.3 is 15.4 Å². The Bertz CT molecular complexity index is 1150. The molecular weight excluding hydrogens is 427 g/mol. The number of hydrogen-bond donors (Lipinski definition) is 2. The minimum absolute atomic E-state index is 0.0313. The summed E-state index contributed by atoms with van der Waals surface area (Å²) in [5.41, 5.74) is 2.46. The summed E-state index contributed by atoms with van der Waals surface area (Å²) < 4.78 is 6.98. The molecule has 2 heterocycles. The molecule has 0 spiro atoms. The molecule has 0 bridgehead atoms. The molecule has 30 heavy (non-hydrogen) atoms. The number of carbonyl (C=O) groups is 1. The van der Waals surface area contributed by atoms with Crippen molar-refractivity contribution in [3.8, 4) is 11.4 Å². The van der Waals surface area contributed by atoms with Gasteiger partial charge in [0.25, 0.3) is 5.56 Å². The zero-order chi connectivity index (χ0) is 21.1. The number of ether oxygens (including phenoxy) is 1. The number of aromatic nitrogens is 2. The zero-order valence-corrected chi connectivity index (χ0v) is 17.3. The van der Waals surface area contributed by atoms with E-state index in [1.807, 2.05) is 18.2 Å². The third kappa shape index (κ3) is 4.42. The Labute approximate surface area is 182 Å². The summed E-state index contributed by atoms with van der Waals surface area (Å²) in [4.78, 5) is 24.0. The van der Waals surface area contributed by atoms with E-state index in [-0.39, 0.29) is 10.9 Å². The lowest BCUT2D eigenvalue weighted by molar-refractivity contribution is -0.116. The van der Waals surface area contributed by atoms with Crippen LogP contribution < -0.4 is 20.9 Å². The van der Waals surface area contributed by atoms with Crippen molar-refractivity contribution < 1.29 is 9.53 Å². The second-order valence-corrected chi connectivity index (χ2v) is 7.52. The molecule has 0 atom stereocenters. The average Bonchev–Trinajstić information content (AvgIpc) is 2.75. The molecule has 1 aliphatic heterocycles. The lowest BCUT2D eigenvalue weighted by atomic mass is 10.0. The molecule has 3 aromatic rings. The maximum absolute atomic E-state index is 12.5. The van der Waals surface area contributed by atoms with Gasteiger partial charge in [0, 0.05) is 23.7 Å². The summed E-state index contributed by atoms with van der Waals surface area (Å²) in [6.45, 7) is 0.793. The molecule has 0 unspecified atom stereocenters. The van der Waals surface area contributed by atoms with E-state index in [0.29, 0.717) is 48.1 Å². The number of halogens is 2. The number of carbonyl (C=O) groups excluding carboxylic acids is 1.